The summed E-state index contributed by atoms with van der Waals surface area (Å²) in [6.45, 7) is -0.834. The van der Waals surface area contributed by atoms with Crippen molar-refractivity contribution in [3.8, 4) is 0 Å². The van der Waals surface area contributed by atoms with Crippen molar-refractivity contribution < 1.29 is 39.3 Å². The molecule has 0 saturated carbocycles. The number of benzene rings is 2. The van der Waals surface area contributed by atoms with Gasteiger partial charge in [0.2, 0.25) is 17.7 Å². The average Bonchev–Trinajstić information content (AvgIpc) is 2.90. The Labute approximate surface area is 219 Å². The molecule has 0 unspecified atom stereocenters. The lowest BCUT2D eigenvalue weighted by Gasteiger charge is -2.24. The van der Waals surface area contributed by atoms with Gasteiger partial charge in [0.1, 0.15) is 18.1 Å². The van der Waals surface area contributed by atoms with Gasteiger partial charge in [0.05, 0.1) is 12.6 Å². The van der Waals surface area contributed by atoms with E-state index in [4.69, 9.17) is 10.8 Å². The Bertz CT molecular complexity index is 1100. The fourth-order valence-corrected chi connectivity index (χ4v) is 3.54. The van der Waals surface area contributed by atoms with Crippen LogP contribution in [0.3, 0.4) is 0 Å². The van der Waals surface area contributed by atoms with Crippen LogP contribution in [-0.4, -0.2) is 75.8 Å². The van der Waals surface area contributed by atoms with Gasteiger partial charge in [-0.15, -0.1) is 0 Å². The lowest BCUT2D eigenvalue weighted by atomic mass is 10.0. The largest absolute Gasteiger partial charge is 0.481 e. The van der Waals surface area contributed by atoms with Gasteiger partial charge in [-0.1, -0.05) is 60.7 Å². The average molecular weight is 529 g/mol. The molecule has 2 aromatic rings. The van der Waals surface area contributed by atoms with Gasteiger partial charge in [-0.2, -0.15) is 0 Å². The summed E-state index contributed by atoms with van der Waals surface area (Å²) in [6.07, 6.45) is -0.504. The van der Waals surface area contributed by atoms with E-state index in [1.54, 1.807) is 60.7 Å². The molecule has 4 atom stereocenters. The standard InChI is InChI=1S/C26H32N4O8/c27-18(11-12-22(32)33)23(34)28-19(13-16-7-3-1-4-8-16)24(35)30-21(15-31)25(36)29-20(26(37)38)14-17-9-5-2-6-10-17/h1-10,18-21,31H,11-15,27H2,(H,28,34)(H,29,36)(H,30,35)(H,32,33)(H,37,38)/t18-,19-,20-,21-/m0/s1. The van der Waals surface area contributed by atoms with Crippen LogP contribution < -0.4 is 21.7 Å². The highest BCUT2D eigenvalue weighted by Gasteiger charge is 2.30. The summed E-state index contributed by atoms with van der Waals surface area (Å²) >= 11 is 0. The molecule has 0 heterocycles. The maximum Gasteiger partial charge on any atom is 0.326 e. The Balaban J connectivity index is 2.12. The number of hydrogen-bond acceptors (Lipinski definition) is 7. The first kappa shape index (κ1) is 29.9. The van der Waals surface area contributed by atoms with E-state index < -0.39 is 60.4 Å². The molecule has 0 spiro atoms. The van der Waals surface area contributed by atoms with E-state index in [1.807, 2.05) is 0 Å². The molecule has 0 fully saturated rings. The van der Waals surface area contributed by atoms with E-state index in [0.29, 0.717) is 11.1 Å². The summed E-state index contributed by atoms with van der Waals surface area (Å²) in [4.78, 5) is 60.9. The van der Waals surface area contributed by atoms with Crippen molar-refractivity contribution in [3.63, 3.8) is 0 Å². The summed E-state index contributed by atoms with van der Waals surface area (Å²) in [5, 5.41) is 35.3. The van der Waals surface area contributed by atoms with E-state index in [9.17, 15) is 34.2 Å². The molecule has 2 aromatic carbocycles. The normalized spacial score (nSPS) is 13.8. The third-order valence-corrected chi connectivity index (χ3v) is 5.63. The number of carboxylic acid groups (broad SMARTS) is 2. The van der Waals surface area contributed by atoms with Crippen molar-refractivity contribution in [2.45, 2.75) is 49.9 Å². The number of rotatable bonds is 15. The zero-order valence-electron chi connectivity index (χ0n) is 20.6. The van der Waals surface area contributed by atoms with Crippen LogP contribution in [0.4, 0.5) is 0 Å². The van der Waals surface area contributed by atoms with Gasteiger partial charge in [0.25, 0.3) is 0 Å². The minimum atomic E-state index is -1.50. The number of carboxylic acids is 2. The van der Waals surface area contributed by atoms with Crippen LogP contribution in [0.1, 0.15) is 24.0 Å². The molecule has 204 valence electrons. The van der Waals surface area contributed by atoms with Gasteiger partial charge < -0.3 is 37.0 Å². The van der Waals surface area contributed by atoms with Crippen LogP contribution in [0, 0.1) is 0 Å². The highest BCUT2D eigenvalue weighted by molar-refractivity contribution is 5.94. The third-order valence-electron chi connectivity index (χ3n) is 5.63. The number of hydrogen-bond donors (Lipinski definition) is 7. The van der Waals surface area contributed by atoms with Crippen LogP contribution in [0.5, 0.6) is 0 Å². The number of aliphatic hydroxyl groups is 1. The molecular weight excluding hydrogens is 496 g/mol. The maximum absolute atomic E-state index is 13.1. The molecule has 0 aliphatic rings. The molecule has 0 bridgehead atoms. The summed E-state index contributed by atoms with van der Waals surface area (Å²) < 4.78 is 0. The van der Waals surface area contributed by atoms with Crippen LogP contribution in [0.15, 0.2) is 60.7 Å². The topological polar surface area (TPSA) is 208 Å². The molecule has 0 radical (unpaired) electrons. The van der Waals surface area contributed by atoms with E-state index in [0.717, 1.165) is 0 Å². The van der Waals surface area contributed by atoms with E-state index in [2.05, 4.69) is 16.0 Å². The zero-order chi connectivity index (χ0) is 28.1. The predicted molar refractivity (Wildman–Crippen MR) is 136 cm³/mol. The quantitative estimate of drug-likeness (QED) is 0.154. The van der Waals surface area contributed by atoms with Gasteiger partial charge in [-0.25, -0.2) is 4.79 Å². The van der Waals surface area contributed by atoms with E-state index in [1.165, 1.54) is 0 Å². The van der Waals surface area contributed by atoms with Crippen molar-refractivity contribution in [1.82, 2.24) is 16.0 Å². The maximum atomic E-state index is 13.1. The Morgan fingerprint density at radius 1 is 0.684 bits per heavy atom. The van der Waals surface area contributed by atoms with Crippen LogP contribution >= 0.6 is 0 Å². The van der Waals surface area contributed by atoms with Crippen molar-refractivity contribution in [1.29, 1.82) is 0 Å². The lowest BCUT2D eigenvalue weighted by molar-refractivity contribution is -0.142. The van der Waals surface area contributed by atoms with Crippen LogP contribution in [0.25, 0.3) is 0 Å². The molecule has 3 amide bonds. The molecule has 0 aliphatic carbocycles. The molecule has 12 nitrogen and oxygen atoms in total. The van der Waals surface area contributed by atoms with Crippen LogP contribution in [-0.2, 0) is 36.8 Å². The van der Waals surface area contributed by atoms with Crippen molar-refractivity contribution in [2.24, 2.45) is 5.73 Å². The fourth-order valence-electron chi connectivity index (χ4n) is 3.54. The van der Waals surface area contributed by atoms with Gasteiger partial charge in [0, 0.05) is 19.3 Å². The highest BCUT2D eigenvalue weighted by atomic mass is 16.4. The van der Waals surface area contributed by atoms with Gasteiger partial charge >= 0.3 is 11.9 Å². The number of nitrogens with one attached hydrogen (secondary N) is 3. The number of carbonyl (C=O) groups is 5. The predicted octanol–water partition coefficient (Wildman–Crippen LogP) is -0.805. The molecule has 8 N–H and O–H groups in total. The highest BCUT2D eigenvalue weighted by Crippen LogP contribution is 2.07. The Morgan fingerprint density at radius 2 is 1.13 bits per heavy atom. The molecule has 38 heavy (non-hydrogen) atoms. The van der Waals surface area contributed by atoms with E-state index in [-0.39, 0.29) is 25.7 Å². The molecule has 0 saturated heterocycles. The molecule has 0 aliphatic heterocycles. The Morgan fingerprint density at radius 3 is 1.61 bits per heavy atom. The second kappa shape index (κ2) is 15.1. The molecular formula is C26H32N4O8. The third kappa shape index (κ3) is 9.99. The monoisotopic (exact) mass is 528 g/mol. The van der Waals surface area contributed by atoms with Crippen molar-refractivity contribution in [2.75, 3.05) is 6.61 Å². The smallest absolute Gasteiger partial charge is 0.326 e. The number of aliphatic hydroxyl groups excluding tert-OH is 1. The minimum absolute atomic E-state index is 0.00951. The second-order valence-electron chi connectivity index (χ2n) is 8.62. The fraction of sp³-hybridized carbons (Fsp3) is 0.346. The van der Waals surface area contributed by atoms with Gasteiger partial charge in [-0.05, 0) is 17.5 Å². The van der Waals surface area contributed by atoms with Crippen molar-refractivity contribution in [3.05, 3.63) is 71.8 Å². The zero-order valence-corrected chi connectivity index (χ0v) is 20.6. The molecule has 2 rings (SSSR count). The first-order chi connectivity index (χ1) is 18.1. The summed E-state index contributed by atoms with van der Waals surface area (Å²) in [6, 6.07) is 12.0. The number of amides is 3. The summed E-state index contributed by atoms with van der Waals surface area (Å²) in [7, 11) is 0. The second-order valence-corrected chi connectivity index (χ2v) is 8.62. The van der Waals surface area contributed by atoms with Crippen molar-refractivity contribution >= 4 is 29.7 Å². The molecule has 12 heteroatoms. The first-order valence-corrected chi connectivity index (χ1v) is 11.9. The number of carbonyl (C=O) groups excluding carboxylic acids is 3. The first-order valence-electron chi connectivity index (χ1n) is 11.9. The number of nitrogens with two attached hydrogens (primary N) is 1. The minimum Gasteiger partial charge on any atom is -0.481 e. The van der Waals surface area contributed by atoms with Gasteiger partial charge in [0.15, 0.2) is 0 Å². The van der Waals surface area contributed by atoms with Crippen LogP contribution in [0.2, 0.25) is 0 Å². The number of aliphatic carboxylic acids is 2. The Kier molecular flexibility index (Phi) is 11.9. The van der Waals surface area contributed by atoms with E-state index >= 15 is 0 Å². The molecule has 0 aromatic heterocycles. The summed E-state index contributed by atoms with van der Waals surface area (Å²) in [5.41, 5.74) is 7.10. The Hall–Kier alpha value is -4.29. The van der Waals surface area contributed by atoms with Gasteiger partial charge in [-0.3, -0.25) is 19.2 Å². The summed E-state index contributed by atoms with van der Waals surface area (Å²) in [5.74, 6) is -4.93. The lowest BCUT2D eigenvalue weighted by Crippen LogP contribution is -2.58. The SMILES string of the molecule is N[C@@H](CCC(=O)O)C(=O)N[C@@H](Cc1ccccc1)C(=O)N[C@@H](CO)C(=O)N[C@@H](Cc1ccccc1)C(=O)O.